The summed E-state index contributed by atoms with van der Waals surface area (Å²) in [7, 11) is 1.73. The highest BCUT2D eigenvalue weighted by molar-refractivity contribution is 14.0. The Morgan fingerprint density at radius 2 is 1.96 bits per heavy atom. The van der Waals surface area contributed by atoms with Gasteiger partial charge in [-0.2, -0.15) is 0 Å². The molecule has 1 aromatic heterocycles. The smallest absolute Gasteiger partial charge is 0.287 e. The number of nitrogens with zero attached hydrogens (tertiary/aromatic N) is 1. The van der Waals surface area contributed by atoms with Gasteiger partial charge in [-0.15, -0.1) is 24.0 Å². The zero-order valence-electron chi connectivity index (χ0n) is 15.1. The normalized spacial score (nSPS) is 14.8. The van der Waals surface area contributed by atoms with E-state index in [0.29, 0.717) is 24.8 Å². The van der Waals surface area contributed by atoms with Gasteiger partial charge >= 0.3 is 0 Å². The number of carbonyl (C=O) groups excluding carboxylic acids is 1. The first-order chi connectivity index (χ1) is 12.6. The Morgan fingerprint density at radius 1 is 1.19 bits per heavy atom. The molecule has 0 spiro atoms. The minimum atomic E-state index is -0.224. The van der Waals surface area contributed by atoms with Crippen LogP contribution < -0.4 is 16.0 Å². The van der Waals surface area contributed by atoms with Crippen LogP contribution in [0.2, 0.25) is 5.02 Å². The minimum Gasteiger partial charge on any atom is -0.459 e. The predicted molar refractivity (Wildman–Crippen MR) is 118 cm³/mol. The van der Waals surface area contributed by atoms with Gasteiger partial charge in [0.2, 0.25) is 0 Å². The number of amides is 1. The maximum atomic E-state index is 11.8. The maximum Gasteiger partial charge on any atom is 0.287 e. The van der Waals surface area contributed by atoms with E-state index in [4.69, 9.17) is 16.0 Å². The second kappa shape index (κ2) is 9.98. The van der Waals surface area contributed by atoms with Gasteiger partial charge in [0, 0.05) is 37.1 Å². The minimum absolute atomic E-state index is 0. The molecule has 8 heteroatoms. The molecule has 0 unspecified atom stereocenters. The zero-order chi connectivity index (χ0) is 18.4. The highest BCUT2D eigenvalue weighted by Crippen LogP contribution is 2.48. The van der Waals surface area contributed by atoms with Gasteiger partial charge in [0.1, 0.15) is 0 Å². The van der Waals surface area contributed by atoms with E-state index in [1.165, 1.54) is 11.8 Å². The Labute approximate surface area is 181 Å². The van der Waals surface area contributed by atoms with Crippen LogP contribution >= 0.6 is 35.6 Å². The lowest BCUT2D eigenvalue weighted by molar-refractivity contribution is 0.0926. The van der Waals surface area contributed by atoms with Crippen molar-refractivity contribution >= 4 is 47.4 Å². The number of hydrogen-bond acceptors (Lipinski definition) is 3. The van der Waals surface area contributed by atoms with Gasteiger partial charge in [0.05, 0.1) is 6.26 Å². The topological polar surface area (TPSA) is 78.7 Å². The van der Waals surface area contributed by atoms with Crippen LogP contribution in [0.15, 0.2) is 52.1 Å². The Morgan fingerprint density at radius 3 is 2.59 bits per heavy atom. The third kappa shape index (κ3) is 5.87. The standard InChI is InChI=1S/C19H23ClN4O2.HI/c1-21-18(23-10-9-22-17(25)16-6-3-11-26-16)24-13-19(7-8-19)14-4-2-5-15(20)12-14;/h2-6,11-12H,7-10,13H2,1H3,(H,22,25)(H2,21,23,24);1H. The molecule has 2 aromatic rings. The van der Waals surface area contributed by atoms with Gasteiger partial charge < -0.3 is 20.4 Å². The molecule has 27 heavy (non-hydrogen) atoms. The molecule has 1 aliphatic rings. The summed E-state index contributed by atoms with van der Waals surface area (Å²) in [5.41, 5.74) is 1.40. The van der Waals surface area contributed by atoms with E-state index in [1.807, 2.05) is 18.2 Å². The summed E-state index contributed by atoms with van der Waals surface area (Å²) in [5, 5.41) is 10.1. The molecular weight excluding hydrogens is 479 g/mol. The predicted octanol–water partition coefficient (Wildman–Crippen LogP) is 3.18. The number of aliphatic imine (C=N–C) groups is 1. The van der Waals surface area contributed by atoms with Crippen molar-refractivity contribution in [1.29, 1.82) is 0 Å². The van der Waals surface area contributed by atoms with Crippen molar-refractivity contribution in [1.82, 2.24) is 16.0 Å². The fourth-order valence-electron chi connectivity index (χ4n) is 2.86. The molecule has 0 aliphatic heterocycles. The van der Waals surface area contributed by atoms with Crippen LogP contribution in [-0.4, -0.2) is 38.5 Å². The number of halogens is 2. The van der Waals surface area contributed by atoms with Gasteiger partial charge in [-0.25, -0.2) is 0 Å². The van der Waals surface area contributed by atoms with Crippen molar-refractivity contribution in [3.8, 4) is 0 Å². The van der Waals surface area contributed by atoms with Crippen LogP contribution in [-0.2, 0) is 5.41 Å². The van der Waals surface area contributed by atoms with Crippen LogP contribution in [0.25, 0.3) is 0 Å². The molecule has 1 amide bonds. The monoisotopic (exact) mass is 502 g/mol. The third-order valence-electron chi connectivity index (χ3n) is 4.56. The summed E-state index contributed by atoms with van der Waals surface area (Å²) in [6.45, 7) is 1.84. The quantitative estimate of drug-likeness (QED) is 0.235. The molecule has 0 radical (unpaired) electrons. The molecule has 0 atom stereocenters. The van der Waals surface area contributed by atoms with Crippen LogP contribution in [0.3, 0.4) is 0 Å². The fraction of sp³-hybridized carbons (Fsp3) is 0.368. The number of guanidine groups is 1. The second-order valence-corrected chi connectivity index (χ2v) is 6.81. The SMILES string of the molecule is CN=C(NCCNC(=O)c1ccco1)NCC1(c2cccc(Cl)c2)CC1.I. The molecule has 3 rings (SSSR count). The van der Waals surface area contributed by atoms with E-state index in [9.17, 15) is 4.79 Å². The number of rotatable bonds is 7. The van der Waals surface area contributed by atoms with E-state index >= 15 is 0 Å². The van der Waals surface area contributed by atoms with Crippen molar-refractivity contribution in [2.75, 3.05) is 26.7 Å². The number of hydrogen-bond donors (Lipinski definition) is 3. The average molecular weight is 503 g/mol. The lowest BCUT2D eigenvalue weighted by Gasteiger charge is -2.19. The number of carbonyl (C=O) groups is 1. The van der Waals surface area contributed by atoms with Crippen molar-refractivity contribution in [3.05, 3.63) is 59.0 Å². The summed E-state index contributed by atoms with van der Waals surface area (Å²) >= 11 is 6.12. The highest BCUT2D eigenvalue weighted by atomic mass is 127. The van der Waals surface area contributed by atoms with Gasteiger partial charge in [-0.1, -0.05) is 23.7 Å². The maximum absolute atomic E-state index is 11.8. The van der Waals surface area contributed by atoms with Crippen molar-refractivity contribution in [3.63, 3.8) is 0 Å². The first-order valence-corrected chi connectivity index (χ1v) is 9.03. The molecule has 6 nitrogen and oxygen atoms in total. The van der Waals surface area contributed by atoms with E-state index in [0.717, 1.165) is 24.4 Å². The van der Waals surface area contributed by atoms with Crippen LogP contribution in [0, 0.1) is 0 Å². The van der Waals surface area contributed by atoms with E-state index in [1.54, 1.807) is 19.2 Å². The summed E-state index contributed by atoms with van der Waals surface area (Å²) < 4.78 is 5.05. The molecular formula is C19H24ClIN4O2. The molecule has 0 bridgehead atoms. The van der Waals surface area contributed by atoms with Crippen LogP contribution in [0.4, 0.5) is 0 Å². The Bertz CT molecular complexity index is 776. The first kappa shape index (κ1) is 21.6. The number of nitrogens with one attached hydrogen (secondary N) is 3. The molecule has 1 aliphatic carbocycles. The van der Waals surface area contributed by atoms with Crippen LogP contribution in [0.1, 0.15) is 29.0 Å². The van der Waals surface area contributed by atoms with Crippen molar-refractivity contribution in [2.45, 2.75) is 18.3 Å². The lowest BCUT2D eigenvalue weighted by Crippen LogP contribution is -2.44. The van der Waals surface area contributed by atoms with Crippen molar-refractivity contribution in [2.24, 2.45) is 4.99 Å². The van der Waals surface area contributed by atoms with Crippen LogP contribution in [0.5, 0.6) is 0 Å². The number of benzene rings is 1. The molecule has 0 saturated heterocycles. The Kier molecular flexibility index (Phi) is 7.97. The Balaban J connectivity index is 0.00000261. The van der Waals surface area contributed by atoms with Gasteiger partial charge in [0.15, 0.2) is 11.7 Å². The van der Waals surface area contributed by atoms with Gasteiger partial charge in [-0.3, -0.25) is 9.79 Å². The van der Waals surface area contributed by atoms with Crippen molar-refractivity contribution < 1.29 is 9.21 Å². The van der Waals surface area contributed by atoms with Gasteiger partial charge in [-0.05, 0) is 42.7 Å². The molecule has 1 saturated carbocycles. The number of furan rings is 1. The molecule has 3 N–H and O–H groups in total. The molecule has 1 heterocycles. The summed E-state index contributed by atoms with van der Waals surface area (Å²) in [4.78, 5) is 16.0. The van der Waals surface area contributed by atoms with E-state index in [-0.39, 0.29) is 35.3 Å². The highest BCUT2D eigenvalue weighted by Gasteiger charge is 2.44. The van der Waals surface area contributed by atoms with E-state index in [2.05, 4.69) is 27.0 Å². The van der Waals surface area contributed by atoms with E-state index < -0.39 is 0 Å². The molecule has 1 aromatic carbocycles. The average Bonchev–Trinajstić information content (AvgIpc) is 3.24. The summed E-state index contributed by atoms with van der Waals surface area (Å²) in [6, 6.07) is 11.4. The largest absolute Gasteiger partial charge is 0.459 e. The summed E-state index contributed by atoms with van der Waals surface area (Å²) in [5.74, 6) is 0.799. The van der Waals surface area contributed by atoms with Gasteiger partial charge in [0.25, 0.3) is 5.91 Å². The third-order valence-corrected chi connectivity index (χ3v) is 4.79. The first-order valence-electron chi connectivity index (χ1n) is 8.65. The zero-order valence-corrected chi connectivity index (χ0v) is 18.2. The lowest BCUT2D eigenvalue weighted by atomic mass is 9.96. The second-order valence-electron chi connectivity index (χ2n) is 6.38. The Hall–Kier alpha value is -1.74. The molecule has 146 valence electrons. The summed E-state index contributed by atoms with van der Waals surface area (Å²) in [6.07, 6.45) is 3.75. The fourth-order valence-corrected chi connectivity index (χ4v) is 3.05. The molecule has 1 fully saturated rings.